The molecule has 7 nitrogen and oxygen atoms in total. The van der Waals surface area contributed by atoms with Crippen LogP contribution in [0.4, 0.5) is 10.1 Å². The molecule has 0 saturated heterocycles. The number of rotatable bonds is 5. The van der Waals surface area contributed by atoms with E-state index in [1.165, 1.54) is 0 Å². The molecule has 1 heterocycles. The van der Waals surface area contributed by atoms with Gasteiger partial charge in [0.1, 0.15) is 11.6 Å². The normalized spacial score (nSPS) is 10.6. The molecular formula is C11H8FN3O4S2. The van der Waals surface area contributed by atoms with Crippen molar-refractivity contribution in [3.05, 3.63) is 39.5 Å². The summed E-state index contributed by atoms with van der Waals surface area (Å²) < 4.78 is 18.0. The Balaban J connectivity index is 2.46. The number of hydrogen-bond acceptors (Lipinski definition) is 7. The molecule has 110 valence electrons. The number of carbonyl (C=O) groups is 1. The zero-order chi connectivity index (χ0) is 15.6. The minimum Gasteiger partial charge on any atom is -0.478 e. The van der Waals surface area contributed by atoms with Gasteiger partial charge in [-0.1, -0.05) is 18.7 Å². The third kappa shape index (κ3) is 3.34. The van der Waals surface area contributed by atoms with Crippen LogP contribution < -0.4 is 0 Å². The highest BCUT2D eigenvalue weighted by atomic mass is 32.2. The lowest BCUT2D eigenvalue weighted by atomic mass is 10.2. The molecule has 0 aliphatic rings. The quantitative estimate of drug-likeness (QED) is 0.663. The second-order valence-electron chi connectivity index (χ2n) is 3.79. The number of nitrogens with zero attached hydrogens (tertiary/aromatic N) is 3. The highest BCUT2D eigenvalue weighted by Gasteiger charge is 2.23. The van der Waals surface area contributed by atoms with Crippen molar-refractivity contribution in [3.63, 3.8) is 0 Å². The van der Waals surface area contributed by atoms with E-state index in [1.54, 1.807) is 0 Å². The van der Waals surface area contributed by atoms with Gasteiger partial charge in [-0.25, -0.2) is 14.2 Å². The van der Waals surface area contributed by atoms with Crippen LogP contribution >= 0.6 is 23.3 Å². The molecule has 1 aromatic heterocycles. The Labute approximate surface area is 126 Å². The van der Waals surface area contributed by atoms with Crippen molar-refractivity contribution in [1.82, 2.24) is 9.36 Å². The molecule has 0 spiro atoms. The highest BCUT2D eigenvalue weighted by Crippen LogP contribution is 2.37. The second-order valence-corrected chi connectivity index (χ2v) is 5.84. The third-order valence-electron chi connectivity index (χ3n) is 2.44. The number of hydrogen-bond donors (Lipinski definition) is 1. The Kier molecular flexibility index (Phi) is 4.48. The number of benzene rings is 1. The second kappa shape index (κ2) is 6.14. The van der Waals surface area contributed by atoms with Crippen LogP contribution in [0, 0.1) is 15.9 Å². The summed E-state index contributed by atoms with van der Waals surface area (Å²) in [5.41, 5.74) is -1.13. The van der Waals surface area contributed by atoms with Crippen LogP contribution in [0.3, 0.4) is 0 Å². The van der Waals surface area contributed by atoms with Crippen molar-refractivity contribution >= 4 is 35.0 Å². The fraction of sp³-hybridized carbons (Fsp3) is 0.182. The molecule has 0 aliphatic carbocycles. The monoisotopic (exact) mass is 329 g/mol. The van der Waals surface area contributed by atoms with Gasteiger partial charge in [-0.15, -0.1) is 0 Å². The Hall–Kier alpha value is -2.07. The van der Waals surface area contributed by atoms with E-state index in [9.17, 15) is 19.3 Å². The summed E-state index contributed by atoms with van der Waals surface area (Å²) in [5, 5.41) is 19.8. The van der Waals surface area contributed by atoms with Gasteiger partial charge in [0.05, 0.1) is 21.4 Å². The summed E-state index contributed by atoms with van der Waals surface area (Å²) in [4.78, 5) is 25.2. The lowest BCUT2D eigenvalue weighted by Gasteiger charge is -2.03. The first kappa shape index (κ1) is 15.3. The van der Waals surface area contributed by atoms with Gasteiger partial charge in [-0.3, -0.25) is 10.1 Å². The molecule has 0 aliphatic heterocycles. The van der Waals surface area contributed by atoms with Crippen molar-refractivity contribution in [2.75, 3.05) is 0 Å². The van der Waals surface area contributed by atoms with Gasteiger partial charge in [0.2, 0.25) is 0 Å². The number of aryl methyl sites for hydroxylation is 1. The summed E-state index contributed by atoms with van der Waals surface area (Å²) in [6.45, 7) is 1.86. The van der Waals surface area contributed by atoms with Crippen LogP contribution in [0.15, 0.2) is 21.4 Å². The van der Waals surface area contributed by atoms with E-state index in [4.69, 9.17) is 5.11 Å². The van der Waals surface area contributed by atoms with Crippen LogP contribution in [-0.2, 0) is 6.42 Å². The Morgan fingerprint density at radius 2 is 2.29 bits per heavy atom. The lowest BCUT2D eigenvalue weighted by molar-refractivity contribution is -0.387. The maximum atomic E-state index is 13.5. The van der Waals surface area contributed by atoms with Crippen molar-refractivity contribution in [2.24, 2.45) is 0 Å². The molecule has 0 saturated carbocycles. The Bertz CT molecular complexity index is 719. The predicted octanol–water partition coefficient (Wildman–Crippen LogP) is 3.00. The highest BCUT2D eigenvalue weighted by molar-refractivity contribution is 8.01. The molecule has 0 amide bonds. The van der Waals surface area contributed by atoms with Crippen LogP contribution in [-0.4, -0.2) is 25.4 Å². The van der Waals surface area contributed by atoms with Gasteiger partial charge in [0.25, 0.3) is 5.69 Å². The molecule has 21 heavy (non-hydrogen) atoms. The smallest absolute Gasteiger partial charge is 0.338 e. The number of carboxylic acid groups (broad SMARTS) is 1. The van der Waals surface area contributed by atoms with Crippen molar-refractivity contribution in [2.45, 2.75) is 22.6 Å². The van der Waals surface area contributed by atoms with Crippen LogP contribution in [0.1, 0.15) is 23.1 Å². The lowest BCUT2D eigenvalue weighted by Crippen LogP contribution is -2.03. The number of aromatic carboxylic acids is 1. The first-order chi connectivity index (χ1) is 9.92. The predicted molar refractivity (Wildman–Crippen MR) is 73.4 cm³/mol. The van der Waals surface area contributed by atoms with E-state index in [0.29, 0.717) is 22.7 Å². The van der Waals surface area contributed by atoms with Crippen LogP contribution in [0.2, 0.25) is 0 Å². The number of carboxylic acids is 1. The zero-order valence-electron chi connectivity index (χ0n) is 10.6. The number of aromatic nitrogens is 2. The van der Waals surface area contributed by atoms with Crippen molar-refractivity contribution in [3.8, 4) is 0 Å². The largest absolute Gasteiger partial charge is 0.478 e. The van der Waals surface area contributed by atoms with E-state index < -0.39 is 28.0 Å². The Morgan fingerprint density at radius 3 is 2.81 bits per heavy atom. The summed E-state index contributed by atoms with van der Waals surface area (Å²) >= 11 is 1.94. The molecule has 0 bridgehead atoms. The van der Waals surface area contributed by atoms with Gasteiger partial charge in [-0.2, -0.15) is 4.37 Å². The summed E-state index contributed by atoms with van der Waals surface area (Å²) in [5.74, 6) is -2.05. The third-order valence-corrected chi connectivity index (χ3v) is 4.27. The standard InChI is InChI=1S/C11H8FN3O4S2/c1-2-9-13-11(21-14-9)20-8-3-5(10(16)17)6(12)4-7(8)15(18)19/h3-4H,2H2,1H3,(H,16,17). The fourth-order valence-electron chi connectivity index (χ4n) is 1.45. The van der Waals surface area contributed by atoms with Gasteiger partial charge in [0, 0.05) is 6.42 Å². The van der Waals surface area contributed by atoms with Gasteiger partial charge >= 0.3 is 5.97 Å². The maximum Gasteiger partial charge on any atom is 0.338 e. The molecule has 0 fully saturated rings. The molecule has 1 aromatic carbocycles. The molecule has 1 N–H and O–H groups in total. The first-order valence-electron chi connectivity index (χ1n) is 5.64. The van der Waals surface area contributed by atoms with E-state index in [0.717, 1.165) is 29.4 Å². The summed E-state index contributed by atoms with van der Waals surface area (Å²) in [6.07, 6.45) is 0.614. The average molecular weight is 329 g/mol. The minimum absolute atomic E-state index is 0.0117. The molecule has 2 rings (SSSR count). The molecular weight excluding hydrogens is 321 g/mol. The zero-order valence-corrected chi connectivity index (χ0v) is 12.2. The van der Waals surface area contributed by atoms with E-state index in [-0.39, 0.29) is 4.90 Å². The summed E-state index contributed by atoms with van der Waals surface area (Å²) in [6, 6.07) is 1.54. The molecule has 2 aromatic rings. The average Bonchev–Trinajstić information content (AvgIpc) is 2.87. The topological polar surface area (TPSA) is 106 Å². The molecule has 10 heteroatoms. The maximum absolute atomic E-state index is 13.5. The van der Waals surface area contributed by atoms with Crippen LogP contribution in [0.25, 0.3) is 0 Å². The molecule has 0 unspecified atom stereocenters. The van der Waals surface area contributed by atoms with E-state index >= 15 is 0 Å². The van der Waals surface area contributed by atoms with E-state index in [1.807, 2.05) is 6.92 Å². The molecule has 0 atom stereocenters. The first-order valence-corrected chi connectivity index (χ1v) is 7.23. The van der Waals surface area contributed by atoms with E-state index in [2.05, 4.69) is 9.36 Å². The number of nitro groups is 1. The fourth-order valence-corrected chi connectivity index (χ4v) is 3.23. The van der Waals surface area contributed by atoms with Crippen molar-refractivity contribution in [1.29, 1.82) is 0 Å². The number of nitro benzene ring substituents is 1. The van der Waals surface area contributed by atoms with Crippen molar-refractivity contribution < 1.29 is 19.2 Å². The summed E-state index contributed by atoms with van der Waals surface area (Å²) in [7, 11) is 0. The van der Waals surface area contributed by atoms with Gasteiger partial charge < -0.3 is 5.11 Å². The Morgan fingerprint density at radius 1 is 1.57 bits per heavy atom. The SMILES string of the molecule is CCc1nsc(Sc2cc(C(=O)O)c(F)cc2[N+](=O)[O-])n1. The van der Waals surface area contributed by atoms with Gasteiger partial charge in [0.15, 0.2) is 4.34 Å². The molecule has 0 radical (unpaired) electrons. The van der Waals surface area contributed by atoms with Gasteiger partial charge in [-0.05, 0) is 17.6 Å². The minimum atomic E-state index is -1.49. The number of halogens is 1. The van der Waals surface area contributed by atoms with Crippen LogP contribution in [0.5, 0.6) is 0 Å².